The van der Waals surface area contributed by atoms with Crippen molar-refractivity contribution >= 4 is 52.6 Å². The second kappa shape index (κ2) is 11.1. The Morgan fingerprint density at radius 2 is 0.714 bits per heavy atom. The van der Waals surface area contributed by atoms with Gasteiger partial charge >= 0.3 is 0 Å². The molecule has 10 heteroatoms. The maximum Gasteiger partial charge on any atom is 0.207 e. The highest BCUT2D eigenvalue weighted by molar-refractivity contribution is 7.92. The molecule has 6 rings (SSSR count). The number of sulfone groups is 2. The number of hydrogen-bond donors (Lipinski definition) is 4. The molecular weight excluding hydrogens is 572 g/mol. The van der Waals surface area contributed by atoms with Crippen molar-refractivity contribution in [1.82, 2.24) is 0 Å². The SMILES string of the molecule is Nc1c(O)cc(S(=O)(=O)c2ccccc2)c2ccccc12.Nc1c(O)cc(S(=O)(=O)c2ccccc2)c2ccccc12. The molecule has 0 spiro atoms. The molecule has 0 radical (unpaired) electrons. The van der Waals surface area contributed by atoms with E-state index in [9.17, 15) is 27.0 Å². The van der Waals surface area contributed by atoms with E-state index in [0.717, 1.165) is 0 Å². The number of phenolic OH excluding ortho intramolecular Hbond substituents is 2. The molecule has 42 heavy (non-hydrogen) atoms. The third-order valence-corrected chi connectivity index (χ3v) is 10.4. The molecule has 0 atom stereocenters. The lowest BCUT2D eigenvalue weighted by molar-refractivity contribution is 0.476. The summed E-state index contributed by atoms with van der Waals surface area (Å²) in [4.78, 5) is 0.464. The zero-order valence-corrected chi connectivity index (χ0v) is 23.7. The van der Waals surface area contributed by atoms with Gasteiger partial charge < -0.3 is 21.7 Å². The molecule has 0 amide bonds. The third-order valence-electron chi connectivity index (χ3n) is 6.74. The number of nitrogens with two attached hydrogens (primary N) is 2. The predicted molar refractivity (Wildman–Crippen MR) is 164 cm³/mol. The quantitative estimate of drug-likeness (QED) is 0.144. The van der Waals surface area contributed by atoms with Gasteiger partial charge in [-0.1, -0.05) is 84.9 Å². The first kappa shape index (κ1) is 28.5. The number of aromatic hydroxyl groups is 2. The van der Waals surface area contributed by atoms with Crippen LogP contribution in [0.5, 0.6) is 11.5 Å². The van der Waals surface area contributed by atoms with Gasteiger partial charge in [-0.2, -0.15) is 0 Å². The summed E-state index contributed by atoms with van der Waals surface area (Å²) in [5, 5.41) is 21.9. The number of fused-ring (bicyclic) bond motifs is 2. The summed E-state index contributed by atoms with van der Waals surface area (Å²) in [5.41, 5.74) is 12.0. The second-order valence-corrected chi connectivity index (χ2v) is 13.2. The largest absolute Gasteiger partial charge is 0.506 e. The lowest BCUT2D eigenvalue weighted by atomic mass is 10.1. The average molecular weight is 599 g/mol. The van der Waals surface area contributed by atoms with Crippen molar-refractivity contribution in [1.29, 1.82) is 0 Å². The summed E-state index contributed by atoms with van der Waals surface area (Å²) in [7, 11) is -7.44. The van der Waals surface area contributed by atoms with E-state index in [2.05, 4.69) is 0 Å². The predicted octanol–water partition coefficient (Wildman–Crippen LogP) is 5.92. The number of anilines is 2. The van der Waals surface area contributed by atoms with E-state index in [4.69, 9.17) is 11.5 Å². The summed E-state index contributed by atoms with van der Waals surface area (Å²) in [6, 6.07) is 32.4. The van der Waals surface area contributed by atoms with Crippen molar-refractivity contribution in [2.24, 2.45) is 0 Å². The van der Waals surface area contributed by atoms with Crippen LogP contribution in [0.15, 0.2) is 141 Å². The molecule has 6 N–H and O–H groups in total. The smallest absolute Gasteiger partial charge is 0.207 e. The van der Waals surface area contributed by atoms with Gasteiger partial charge in [0.15, 0.2) is 0 Å². The Morgan fingerprint density at radius 3 is 1.05 bits per heavy atom. The molecule has 6 aromatic rings. The van der Waals surface area contributed by atoms with Crippen molar-refractivity contribution < 1.29 is 27.0 Å². The van der Waals surface area contributed by atoms with Gasteiger partial charge in [0.2, 0.25) is 19.7 Å². The average Bonchev–Trinajstić information content (AvgIpc) is 3.02. The summed E-state index contributed by atoms with van der Waals surface area (Å²) in [6.45, 7) is 0. The van der Waals surface area contributed by atoms with Gasteiger partial charge in [0, 0.05) is 33.7 Å². The van der Waals surface area contributed by atoms with Crippen LogP contribution in [0, 0.1) is 0 Å². The number of hydrogen-bond acceptors (Lipinski definition) is 8. The van der Waals surface area contributed by atoms with Crippen LogP contribution in [0.25, 0.3) is 21.5 Å². The first-order valence-electron chi connectivity index (χ1n) is 12.6. The molecule has 0 aromatic heterocycles. The Balaban J connectivity index is 0.000000168. The molecule has 212 valence electrons. The summed E-state index contributed by atoms with van der Waals surface area (Å²) in [6.07, 6.45) is 0. The minimum Gasteiger partial charge on any atom is -0.506 e. The van der Waals surface area contributed by atoms with Crippen molar-refractivity contribution in [2.75, 3.05) is 11.5 Å². The molecule has 0 unspecified atom stereocenters. The standard InChI is InChI=1S/2C16H13NO3S/c2*17-16-13-9-5-4-8-12(13)15(10-14(16)18)21(19,20)11-6-2-1-3-7-11/h2*1-10,18H,17H2. The summed E-state index contributed by atoms with van der Waals surface area (Å²) >= 11 is 0. The van der Waals surface area contributed by atoms with Crippen LogP contribution >= 0.6 is 0 Å². The van der Waals surface area contributed by atoms with Gasteiger partial charge in [0.1, 0.15) is 11.5 Å². The monoisotopic (exact) mass is 598 g/mol. The molecular formula is C32H26N2O6S2. The maximum atomic E-state index is 12.8. The first-order valence-corrected chi connectivity index (χ1v) is 15.6. The van der Waals surface area contributed by atoms with E-state index in [1.54, 1.807) is 84.9 Å². The maximum absolute atomic E-state index is 12.8. The normalized spacial score (nSPS) is 11.6. The highest BCUT2D eigenvalue weighted by Gasteiger charge is 2.23. The highest BCUT2D eigenvalue weighted by atomic mass is 32.2. The van der Waals surface area contributed by atoms with Crippen molar-refractivity contribution in [2.45, 2.75) is 19.6 Å². The van der Waals surface area contributed by atoms with E-state index < -0.39 is 19.7 Å². The zero-order chi connectivity index (χ0) is 30.1. The lowest BCUT2D eigenvalue weighted by Gasteiger charge is -2.11. The van der Waals surface area contributed by atoms with Gasteiger partial charge in [-0.05, 0) is 24.3 Å². The van der Waals surface area contributed by atoms with Crippen molar-refractivity contribution in [3.8, 4) is 11.5 Å². The molecule has 0 aliphatic heterocycles. The molecule has 8 nitrogen and oxygen atoms in total. The lowest BCUT2D eigenvalue weighted by Crippen LogP contribution is -2.03. The van der Waals surface area contributed by atoms with Crippen LogP contribution in [-0.2, 0) is 19.7 Å². The van der Waals surface area contributed by atoms with Crippen LogP contribution in [0.1, 0.15) is 0 Å². The van der Waals surface area contributed by atoms with Gasteiger partial charge in [-0.25, -0.2) is 16.8 Å². The van der Waals surface area contributed by atoms with E-state index in [1.165, 1.54) is 36.4 Å². The second-order valence-electron chi connectivity index (χ2n) is 9.34. The fourth-order valence-corrected chi connectivity index (χ4v) is 7.61. The molecule has 0 saturated carbocycles. The first-order chi connectivity index (χ1) is 20.0. The Morgan fingerprint density at radius 1 is 0.429 bits per heavy atom. The molecule has 0 aliphatic rings. The van der Waals surface area contributed by atoms with Crippen LogP contribution in [0.2, 0.25) is 0 Å². The van der Waals surface area contributed by atoms with Crippen LogP contribution in [-0.4, -0.2) is 27.0 Å². The Kier molecular flexibility index (Phi) is 7.51. The van der Waals surface area contributed by atoms with E-state index in [1.807, 2.05) is 0 Å². The van der Waals surface area contributed by atoms with E-state index >= 15 is 0 Å². The van der Waals surface area contributed by atoms with Crippen molar-refractivity contribution in [3.05, 3.63) is 121 Å². The van der Waals surface area contributed by atoms with E-state index in [-0.39, 0.29) is 42.5 Å². The number of nitrogen functional groups attached to an aromatic ring is 2. The fraction of sp³-hybridized carbons (Fsp3) is 0. The minimum atomic E-state index is -3.72. The Bertz CT molecular complexity index is 1990. The minimum absolute atomic E-state index is 0.0519. The molecule has 6 aromatic carbocycles. The Labute approximate surface area is 242 Å². The number of phenols is 2. The van der Waals surface area contributed by atoms with Crippen molar-refractivity contribution in [3.63, 3.8) is 0 Å². The van der Waals surface area contributed by atoms with Gasteiger partial charge in [0.25, 0.3) is 0 Å². The summed E-state index contributed by atoms with van der Waals surface area (Å²) < 4.78 is 51.0. The van der Waals surface area contributed by atoms with Gasteiger partial charge in [0.05, 0.1) is 31.0 Å². The zero-order valence-electron chi connectivity index (χ0n) is 22.0. The molecule has 0 aliphatic carbocycles. The van der Waals surface area contributed by atoms with Crippen LogP contribution in [0.3, 0.4) is 0 Å². The van der Waals surface area contributed by atoms with Gasteiger partial charge in [-0.15, -0.1) is 0 Å². The van der Waals surface area contributed by atoms with E-state index in [0.29, 0.717) is 21.5 Å². The third kappa shape index (κ3) is 5.09. The molecule has 0 saturated heterocycles. The van der Waals surface area contributed by atoms with Crippen LogP contribution in [0.4, 0.5) is 11.4 Å². The Hall–Kier alpha value is -5.06. The number of rotatable bonds is 4. The van der Waals surface area contributed by atoms with Crippen LogP contribution < -0.4 is 11.5 Å². The topological polar surface area (TPSA) is 161 Å². The molecule has 0 fully saturated rings. The summed E-state index contributed by atoms with van der Waals surface area (Å²) in [5.74, 6) is -0.466. The highest BCUT2D eigenvalue weighted by Crippen LogP contribution is 2.38. The molecule has 0 bridgehead atoms. The fourth-order valence-electron chi connectivity index (χ4n) is 4.60. The molecule has 0 heterocycles. The number of benzene rings is 6. The van der Waals surface area contributed by atoms with Gasteiger partial charge in [-0.3, -0.25) is 0 Å².